The molecule has 0 aliphatic carbocycles. The summed E-state index contributed by atoms with van der Waals surface area (Å²) in [5, 5.41) is 3.12. The molecule has 0 saturated carbocycles. The third-order valence-corrected chi connectivity index (χ3v) is 2.15. The van der Waals surface area contributed by atoms with Crippen LogP contribution in [0, 0.1) is 0 Å². The first-order valence-corrected chi connectivity index (χ1v) is 5.24. The zero-order chi connectivity index (χ0) is 11.1. The van der Waals surface area contributed by atoms with E-state index in [-0.39, 0.29) is 0 Å². The number of unbranched alkanes of at least 4 members (excludes halogenated alkanes) is 2. The lowest BCUT2D eigenvalue weighted by atomic mass is 10.2. The minimum atomic E-state index is -0.443. The van der Waals surface area contributed by atoms with Gasteiger partial charge in [-0.25, -0.2) is 4.98 Å². The maximum atomic E-state index is 11.1. The van der Waals surface area contributed by atoms with Gasteiger partial charge in [0.1, 0.15) is 5.82 Å². The van der Waals surface area contributed by atoms with Gasteiger partial charge < -0.3 is 11.1 Å². The highest BCUT2D eigenvalue weighted by Crippen LogP contribution is 2.10. The van der Waals surface area contributed by atoms with E-state index >= 15 is 0 Å². The van der Waals surface area contributed by atoms with Gasteiger partial charge in [0.15, 0.2) is 0 Å². The molecule has 1 rings (SSSR count). The Hall–Kier alpha value is -1.58. The minimum Gasteiger partial charge on any atom is -0.369 e. The van der Waals surface area contributed by atoms with E-state index in [1.54, 1.807) is 18.3 Å². The maximum Gasteiger partial charge on any atom is 0.252 e. The van der Waals surface area contributed by atoms with Crippen molar-refractivity contribution in [3.05, 3.63) is 23.9 Å². The van der Waals surface area contributed by atoms with E-state index in [1.807, 2.05) is 0 Å². The molecule has 0 spiro atoms. The van der Waals surface area contributed by atoms with Gasteiger partial charge >= 0.3 is 0 Å². The van der Waals surface area contributed by atoms with Crippen molar-refractivity contribution < 1.29 is 4.79 Å². The van der Waals surface area contributed by atoms with E-state index < -0.39 is 5.91 Å². The van der Waals surface area contributed by atoms with E-state index in [0.29, 0.717) is 11.4 Å². The number of hydrogen-bond donors (Lipinski definition) is 2. The van der Waals surface area contributed by atoms with Crippen molar-refractivity contribution in [1.29, 1.82) is 0 Å². The van der Waals surface area contributed by atoms with Crippen LogP contribution in [0.1, 0.15) is 36.5 Å². The molecule has 0 aliphatic rings. The van der Waals surface area contributed by atoms with E-state index in [1.165, 1.54) is 12.8 Å². The van der Waals surface area contributed by atoms with Crippen molar-refractivity contribution in [3.8, 4) is 0 Å². The average molecular weight is 207 g/mol. The smallest absolute Gasteiger partial charge is 0.252 e. The summed E-state index contributed by atoms with van der Waals surface area (Å²) in [6, 6.07) is 3.38. The third kappa shape index (κ3) is 3.58. The van der Waals surface area contributed by atoms with Crippen LogP contribution >= 0.6 is 0 Å². The number of primary amides is 1. The van der Waals surface area contributed by atoms with Crippen LogP contribution in [0.4, 0.5) is 5.82 Å². The van der Waals surface area contributed by atoms with Crippen molar-refractivity contribution in [2.24, 2.45) is 5.73 Å². The number of rotatable bonds is 6. The minimum absolute atomic E-state index is 0.443. The Labute approximate surface area is 89.9 Å². The molecule has 0 radical (unpaired) electrons. The van der Waals surface area contributed by atoms with Crippen LogP contribution in [0.2, 0.25) is 0 Å². The first kappa shape index (κ1) is 11.5. The SMILES string of the molecule is CCCCCNc1ncccc1C(N)=O. The van der Waals surface area contributed by atoms with Gasteiger partial charge in [0.05, 0.1) is 5.56 Å². The van der Waals surface area contributed by atoms with Crippen LogP contribution in [0.5, 0.6) is 0 Å². The molecular formula is C11H17N3O. The van der Waals surface area contributed by atoms with E-state index in [4.69, 9.17) is 5.73 Å². The molecule has 1 aromatic heterocycles. The van der Waals surface area contributed by atoms with Gasteiger partial charge in [0.2, 0.25) is 0 Å². The number of hydrogen-bond acceptors (Lipinski definition) is 3. The predicted octanol–water partition coefficient (Wildman–Crippen LogP) is 1.78. The first-order chi connectivity index (χ1) is 7.25. The summed E-state index contributed by atoms with van der Waals surface area (Å²) < 4.78 is 0. The monoisotopic (exact) mass is 207 g/mol. The molecule has 0 aliphatic heterocycles. The Kier molecular flexibility index (Phi) is 4.60. The number of aromatic nitrogens is 1. The summed E-state index contributed by atoms with van der Waals surface area (Å²) in [7, 11) is 0. The number of nitrogens with two attached hydrogens (primary N) is 1. The number of anilines is 1. The molecule has 0 bridgehead atoms. The topological polar surface area (TPSA) is 68.0 Å². The van der Waals surface area contributed by atoms with Gasteiger partial charge in [-0.2, -0.15) is 0 Å². The van der Waals surface area contributed by atoms with Crippen LogP contribution in [0.15, 0.2) is 18.3 Å². The standard InChI is InChI=1S/C11H17N3O/c1-2-3-4-7-13-11-9(10(12)15)6-5-8-14-11/h5-6,8H,2-4,7H2,1H3,(H2,12,15)(H,13,14). The maximum absolute atomic E-state index is 11.1. The van der Waals surface area contributed by atoms with Crippen LogP contribution in [-0.4, -0.2) is 17.4 Å². The molecule has 3 N–H and O–H groups in total. The van der Waals surface area contributed by atoms with Gasteiger partial charge in [-0.3, -0.25) is 4.79 Å². The number of carbonyl (C=O) groups excluding carboxylic acids is 1. The summed E-state index contributed by atoms with van der Waals surface area (Å²) in [5.41, 5.74) is 5.68. The number of carbonyl (C=O) groups is 1. The van der Waals surface area contributed by atoms with Gasteiger partial charge in [-0.05, 0) is 18.6 Å². The van der Waals surface area contributed by atoms with Crippen molar-refractivity contribution in [3.63, 3.8) is 0 Å². The van der Waals surface area contributed by atoms with Gasteiger partial charge in [-0.1, -0.05) is 19.8 Å². The number of nitrogens with zero attached hydrogens (tertiary/aromatic N) is 1. The molecule has 0 atom stereocenters. The Balaban J connectivity index is 2.56. The molecule has 0 aromatic carbocycles. The summed E-state index contributed by atoms with van der Waals surface area (Å²) in [4.78, 5) is 15.1. The van der Waals surface area contributed by atoms with E-state index in [2.05, 4.69) is 17.2 Å². The first-order valence-electron chi connectivity index (χ1n) is 5.24. The average Bonchev–Trinajstić information content (AvgIpc) is 2.25. The third-order valence-electron chi connectivity index (χ3n) is 2.15. The van der Waals surface area contributed by atoms with Crippen molar-refractivity contribution in [2.75, 3.05) is 11.9 Å². The van der Waals surface area contributed by atoms with Crippen molar-refractivity contribution in [1.82, 2.24) is 4.98 Å². The van der Waals surface area contributed by atoms with Crippen LogP contribution in [0.25, 0.3) is 0 Å². The predicted molar refractivity (Wildman–Crippen MR) is 60.8 cm³/mol. The molecule has 4 heteroatoms. The second-order valence-corrected chi connectivity index (χ2v) is 3.40. The lowest BCUT2D eigenvalue weighted by Gasteiger charge is -2.07. The van der Waals surface area contributed by atoms with Gasteiger partial charge in [0.25, 0.3) is 5.91 Å². The number of pyridine rings is 1. The number of nitrogens with one attached hydrogen (secondary N) is 1. The van der Waals surface area contributed by atoms with Crippen LogP contribution in [-0.2, 0) is 0 Å². The summed E-state index contributed by atoms with van der Waals surface area (Å²) in [6.07, 6.45) is 5.07. The second kappa shape index (κ2) is 6.01. The normalized spacial score (nSPS) is 9.93. The van der Waals surface area contributed by atoms with Crippen LogP contribution in [0.3, 0.4) is 0 Å². The van der Waals surface area contributed by atoms with Crippen molar-refractivity contribution >= 4 is 11.7 Å². The molecule has 1 heterocycles. The zero-order valence-electron chi connectivity index (χ0n) is 8.99. The Morgan fingerprint density at radius 2 is 2.33 bits per heavy atom. The quantitative estimate of drug-likeness (QED) is 0.699. The molecule has 0 saturated heterocycles. The highest BCUT2D eigenvalue weighted by molar-refractivity contribution is 5.97. The molecule has 15 heavy (non-hydrogen) atoms. The fourth-order valence-corrected chi connectivity index (χ4v) is 1.33. The molecule has 0 unspecified atom stereocenters. The van der Waals surface area contributed by atoms with E-state index in [0.717, 1.165) is 13.0 Å². The summed E-state index contributed by atoms with van der Waals surface area (Å²) >= 11 is 0. The van der Waals surface area contributed by atoms with Crippen molar-refractivity contribution in [2.45, 2.75) is 26.2 Å². The lowest BCUT2D eigenvalue weighted by molar-refractivity contribution is 0.100. The fourth-order valence-electron chi connectivity index (χ4n) is 1.33. The zero-order valence-corrected chi connectivity index (χ0v) is 8.99. The molecular weight excluding hydrogens is 190 g/mol. The Morgan fingerprint density at radius 3 is 3.00 bits per heavy atom. The molecule has 82 valence electrons. The molecule has 1 aromatic rings. The van der Waals surface area contributed by atoms with Crippen LogP contribution < -0.4 is 11.1 Å². The largest absolute Gasteiger partial charge is 0.369 e. The Morgan fingerprint density at radius 1 is 1.53 bits per heavy atom. The fraction of sp³-hybridized carbons (Fsp3) is 0.455. The summed E-state index contributed by atoms with van der Waals surface area (Å²) in [5.74, 6) is 0.141. The molecule has 4 nitrogen and oxygen atoms in total. The van der Waals surface area contributed by atoms with E-state index in [9.17, 15) is 4.79 Å². The van der Waals surface area contributed by atoms with Gasteiger partial charge in [-0.15, -0.1) is 0 Å². The highest BCUT2D eigenvalue weighted by atomic mass is 16.1. The summed E-state index contributed by atoms with van der Waals surface area (Å²) in [6.45, 7) is 2.97. The highest BCUT2D eigenvalue weighted by Gasteiger charge is 2.07. The number of amides is 1. The molecule has 0 fully saturated rings. The second-order valence-electron chi connectivity index (χ2n) is 3.40. The van der Waals surface area contributed by atoms with Gasteiger partial charge in [0, 0.05) is 12.7 Å². The lowest BCUT2D eigenvalue weighted by Crippen LogP contribution is -2.15. The Bertz CT molecular complexity index is 325. The molecule has 1 amide bonds.